The second-order valence-corrected chi connectivity index (χ2v) is 6.52. The normalized spacial score (nSPS) is 11.4. The van der Waals surface area contributed by atoms with Crippen molar-refractivity contribution >= 4 is 5.78 Å². The van der Waals surface area contributed by atoms with Crippen molar-refractivity contribution in [2.45, 2.75) is 20.0 Å². The van der Waals surface area contributed by atoms with Crippen LogP contribution in [0.4, 0.5) is 35.1 Å². The second-order valence-electron chi connectivity index (χ2n) is 6.52. The molecule has 0 amide bonds. The Bertz CT molecular complexity index is 1190. The molecule has 4 nitrogen and oxygen atoms in total. The van der Waals surface area contributed by atoms with Gasteiger partial charge in [-0.25, -0.2) is 22.0 Å². The summed E-state index contributed by atoms with van der Waals surface area (Å²) in [5, 5.41) is 13.7. The van der Waals surface area contributed by atoms with Crippen LogP contribution in [0.5, 0.6) is 5.88 Å². The van der Waals surface area contributed by atoms with Gasteiger partial charge in [0.05, 0.1) is 5.69 Å². The van der Waals surface area contributed by atoms with E-state index in [9.17, 15) is 45.0 Å². The van der Waals surface area contributed by atoms with Gasteiger partial charge in [0.1, 0.15) is 22.6 Å². The maximum absolute atomic E-state index is 14.3. The molecule has 0 atom stereocenters. The van der Waals surface area contributed by atoms with E-state index in [-0.39, 0.29) is 27.3 Å². The molecule has 171 valence electrons. The SMILES string of the molecule is Cc1cc(F)cc(C(=O)c2c(C)nn(-c3c(F)c(F)c(C(F)(F)F)c(F)c3F)c2O)c1.[Mn]. The molecule has 2 aromatic carbocycles. The predicted molar refractivity (Wildman–Crippen MR) is 89.4 cm³/mol. The van der Waals surface area contributed by atoms with Gasteiger partial charge in [0, 0.05) is 22.6 Å². The standard InChI is InChI=1S/C19H10F8N2O2.Mn/c1-6-3-8(5-9(20)4-6)17(30)10-7(2)28-29(18(10)31)16-14(23)12(21)11(19(25,26)27)13(22)15(16)24;/h3-5,31H,1-2H3;. The van der Waals surface area contributed by atoms with Gasteiger partial charge >= 0.3 is 6.18 Å². The number of aromatic nitrogens is 2. The number of aromatic hydroxyl groups is 1. The third-order valence-corrected chi connectivity index (χ3v) is 4.30. The van der Waals surface area contributed by atoms with Crippen LogP contribution in [0.2, 0.25) is 0 Å². The van der Waals surface area contributed by atoms with Crippen LogP contribution in [0.3, 0.4) is 0 Å². The first-order valence-electron chi connectivity index (χ1n) is 8.29. The van der Waals surface area contributed by atoms with Crippen molar-refractivity contribution in [2.24, 2.45) is 0 Å². The minimum Gasteiger partial charge on any atom is -0.493 e. The van der Waals surface area contributed by atoms with Crippen molar-refractivity contribution in [3.05, 3.63) is 75.2 Å². The number of hydrogen-bond donors (Lipinski definition) is 1. The molecular weight excluding hydrogens is 495 g/mol. The zero-order chi connectivity index (χ0) is 23.4. The van der Waals surface area contributed by atoms with Gasteiger partial charge in [-0.05, 0) is 37.6 Å². The number of benzene rings is 2. The monoisotopic (exact) mass is 505 g/mol. The molecule has 0 spiro atoms. The molecule has 32 heavy (non-hydrogen) atoms. The third-order valence-electron chi connectivity index (χ3n) is 4.30. The largest absolute Gasteiger partial charge is 0.493 e. The van der Waals surface area contributed by atoms with Crippen LogP contribution < -0.4 is 0 Å². The van der Waals surface area contributed by atoms with E-state index in [4.69, 9.17) is 0 Å². The van der Waals surface area contributed by atoms with Crippen molar-refractivity contribution < 1.29 is 62.1 Å². The van der Waals surface area contributed by atoms with Gasteiger partial charge in [-0.3, -0.25) is 4.79 Å². The van der Waals surface area contributed by atoms with Crippen LogP contribution in [0, 0.1) is 42.9 Å². The van der Waals surface area contributed by atoms with Gasteiger partial charge in [-0.15, -0.1) is 0 Å². The van der Waals surface area contributed by atoms with Gasteiger partial charge in [0.25, 0.3) is 0 Å². The molecule has 0 bridgehead atoms. The van der Waals surface area contributed by atoms with Crippen molar-refractivity contribution in [1.82, 2.24) is 9.78 Å². The van der Waals surface area contributed by atoms with Crippen LogP contribution in [0.25, 0.3) is 5.69 Å². The Hall–Kier alpha value is -2.92. The minimum absolute atomic E-state index is 0. The topological polar surface area (TPSA) is 55.1 Å². The molecule has 0 aliphatic rings. The number of rotatable bonds is 3. The van der Waals surface area contributed by atoms with Crippen molar-refractivity contribution in [1.29, 1.82) is 0 Å². The number of hydrogen-bond acceptors (Lipinski definition) is 3. The average molecular weight is 505 g/mol. The first-order valence-corrected chi connectivity index (χ1v) is 8.29. The van der Waals surface area contributed by atoms with Crippen LogP contribution in [-0.2, 0) is 23.2 Å². The summed E-state index contributed by atoms with van der Waals surface area (Å²) < 4.78 is 108. The Kier molecular flexibility index (Phi) is 6.77. The molecule has 1 aromatic heterocycles. The van der Waals surface area contributed by atoms with Crippen molar-refractivity contribution in [3.8, 4) is 11.6 Å². The number of halogens is 8. The maximum Gasteiger partial charge on any atom is 0.422 e. The minimum atomic E-state index is -5.76. The zero-order valence-corrected chi connectivity index (χ0v) is 17.1. The third kappa shape index (κ3) is 4.09. The number of carbonyl (C=O) groups excluding carboxylic acids is 1. The molecule has 1 heterocycles. The number of aryl methyl sites for hydroxylation is 2. The summed E-state index contributed by atoms with van der Waals surface area (Å²) in [7, 11) is 0. The molecule has 3 aromatic rings. The Labute approximate surface area is 184 Å². The van der Waals surface area contributed by atoms with E-state index in [2.05, 4.69) is 5.10 Å². The van der Waals surface area contributed by atoms with Crippen molar-refractivity contribution in [3.63, 3.8) is 0 Å². The van der Waals surface area contributed by atoms with E-state index < -0.39 is 69.4 Å². The molecule has 0 unspecified atom stereocenters. The van der Waals surface area contributed by atoms with Gasteiger partial charge in [0.2, 0.25) is 5.88 Å². The van der Waals surface area contributed by atoms with Gasteiger partial charge in [-0.1, -0.05) is 0 Å². The smallest absolute Gasteiger partial charge is 0.422 e. The van der Waals surface area contributed by atoms with Gasteiger partial charge in [0.15, 0.2) is 29.1 Å². The molecule has 0 aliphatic heterocycles. The molecule has 1 radical (unpaired) electrons. The van der Waals surface area contributed by atoms with E-state index in [0.717, 1.165) is 19.1 Å². The maximum atomic E-state index is 14.3. The number of ketones is 1. The Morgan fingerprint density at radius 1 is 0.938 bits per heavy atom. The summed E-state index contributed by atoms with van der Waals surface area (Å²) in [6, 6.07) is 3.11. The number of alkyl halides is 3. The van der Waals surface area contributed by atoms with E-state index in [0.29, 0.717) is 5.56 Å². The molecule has 0 saturated carbocycles. The molecule has 1 N–H and O–H groups in total. The Balaban J connectivity index is 0.00000363. The fourth-order valence-corrected chi connectivity index (χ4v) is 3.00. The zero-order valence-electron chi connectivity index (χ0n) is 15.9. The second kappa shape index (κ2) is 8.55. The summed E-state index contributed by atoms with van der Waals surface area (Å²) in [5.74, 6) is -13.7. The predicted octanol–water partition coefficient (Wildman–Crippen LogP) is 5.14. The first kappa shape index (κ1) is 25.3. The number of carbonyl (C=O) groups is 1. The number of nitrogens with zero attached hydrogens (tertiary/aromatic N) is 2. The summed E-state index contributed by atoms with van der Waals surface area (Å²) in [6.07, 6.45) is -5.76. The van der Waals surface area contributed by atoms with Crippen LogP contribution in [-0.4, -0.2) is 20.7 Å². The summed E-state index contributed by atoms with van der Waals surface area (Å²) >= 11 is 0. The quantitative estimate of drug-likeness (QED) is 0.232. The molecule has 0 fully saturated rings. The van der Waals surface area contributed by atoms with Crippen molar-refractivity contribution in [2.75, 3.05) is 0 Å². The van der Waals surface area contributed by atoms with Crippen LogP contribution in [0.15, 0.2) is 18.2 Å². The van der Waals surface area contributed by atoms with E-state index in [1.807, 2.05) is 0 Å². The Morgan fingerprint density at radius 3 is 1.94 bits per heavy atom. The van der Waals surface area contributed by atoms with E-state index in [1.54, 1.807) is 0 Å². The first-order chi connectivity index (χ1) is 14.3. The van der Waals surface area contributed by atoms with Gasteiger partial charge in [-0.2, -0.15) is 23.0 Å². The Morgan fingerprint density at radius 2 is 1.47 bits per heavy atom. The molecule has 0 saturated heterocycles. The van der Waals surface area contributed by atoms with E-state index in [1.165, 1.54) is 13.0 Å². The van der Waals surface area contributed by atoms with Crippen LogP contribution >= 0.6 is 0 Å². The summed E-state index contributed by atoms with van der Waals surface area (Å²) in [6.45, 7) is 2.52. The van der Waals surface area contributed by atoms with E-state index >= 15 is 0 Å². The molecular formula is C19H10F8MnN2O2. The van der Waals surface area contributed by atoms with Crippen LogP contribution in [0.1, 0.15) is 32.7 Å². The fraction of sp³-hybridized carbons (Fsp3) is 0.158. The summed E-state index contributed by atoms with van der Waals surface area (Å²) in [5.41, 5.74) is -5.69. The molecule has 3 rings (SSSR count). The summed E-state index contributed by atoms with van der Waals surface area (Å²) in [4.78, 5) is 12.7. The average Bonchev–Trinajstić information content (AvgIpc) is 2.92. The van der Waals surface area contributed by atoms with Gasteiger partial charge < -0.3 is 5.11 Å². The molecule has 0 aliphatic carbocycles. The molecule has 13 heteroatoms. The fourth-order valence-electron chi connectivity index (χ4n) is 3.00.